The van der Waals surface area contributed by atoms with Crippen LogP contribution in [0.2, 0.25) is 0 Å². The van der Waals surface area contributed by atoms with Crippen molar-refractivity contribution >= 4 is 33.2 Å². The molecule has 0 spiro atoms. The van der Waals surface area contributed by atoms with E-state index in [1.54, 1.807) is 12.1 Å². The molecular weight excluding hydrogens is 482 g/mol. The van der Waals surface area contributed by atoms with Gasteiger partial charge in [-0.1, -0.05) is 48.5 Å². The van der Waals surface area contributed by atoms with Crippen molar-refractivity contribution in [1.82, 2.24) is 19.5 Å². The fourth-order valence-corrected chi connectivity index (χ4v) is 5.04. The fourth-order valence-electron chi connectivity index (χ4n) is 5.04. The van der Waals surface area contributed by atoms with Crippen LogP contribution in [0.3, 0.4) is 0 Å². The molecule has 0 saturated heterocycles. The molecule has 7 heteroatoms. The molecular formula is C32H19N7. The average molecular weight is 502 g/mol. The zero-order valence-electron chi connectivity index (χ0n) is 21.1. The van der Waals surface area contributed by atoms with Crippen molar-refractivity contribution in [1.29, 1.82) is 5.26 Å². The molecule has 4 aromatic carbocycles. The molecule has 182 valence electrons. The van der Waals surface area contributed by atoms with Crippen LogP contribution in [0.4, 0.5) is 11.4 Å². The smallest absolute Gasteiger partial charge is 0.200 e. The number of nitrogens with zero attached hydrogens (tertiary/aromatic N) is 7. The Bertz CT molecular complexity index is 2060. The van der Waals surface area contributed by atoms with E-state index in [2.05, 4.69) is 59.5 Å². The third-order valence-electron chi connectivity index (χ3n) is 6.70. The van der Waals surface area contributed by atoms with Crippen molar-refractivity contribution in [3.05, 3.63) is 119 Å². The molecule has 0 N–H and O–H groups in total. The Hall–Kier alpha value is -5.84. The van der Waals surface area contributed by atoms with Crippen LogP contribution in [0.5, 0.6) is 0 Å². The standard InChI is InChI=1S/C32H19N7/c1-19-36-20(2)38-32(37-19)28-14-11-24(17-29(28)35-4)39-30-8-6-5-7-26(30)27-12-9-21(16-31(27)39)25-13-10-23(34-3)15-22(25)18-33/h5-17H,1-2H3. The quantitative estimate of drug-likeness (QED) is 0.231. The summed E-state index contributed by atoms with van der Waals surface area (Å²) in [6.07, 6.45) is 0. The molecule has 0 unspecified atom stereocenters. The number of hydrogen-bond donors (Lipinski definition) is 0. The number of para-hydroxylation sites is 1. The predicted molar refractivity (Wildman–Crippen MR) is 152 cm³/mol. The molecule has 0 aliphatic heterocycles. The molecule has 0 radical (unpaired) electrons. The van der Waals surface area contributed by atoms with E-state index < -0.39 is 0 Å². The van der Waals surface area contributed by atoms with Crippen molar-refractivity contribution in [2.24, 2.45) is 0 Å². The number of nitriles is 1. The number of hydrogen-bond acceptors (Lipinski definition) is 4. The summed E-state index contributed by atoms with van der Waals surface area (Å²) in [6, 6.07) is 27.4. The van der Waals surface area contributed by atoms with Crippen LogP contribution in [-0.4, -0.2) is 19.5 Å². The average Bonchev–Trinajstić information content (AvgIpc) is 3.29. The normalized spacial score (nSPS) is 10.7. The van der Waals surface area contributed by atoms with Gasteiger partial charge in [0.1, 0.15) is 11.6 Å². The summed E-state index contributed by atoms with van der Waals surface area (Å²) in [5.74, 6) is 1.69. The monoisotopic (exact) mass is 501 g/mol. The lowest BCUT2D eigenvalue weighted by Crippen LogP contribution is -2.00. The summed E-state index contributed by atoms with van der Waals surface area (Å²) in [5.41, 5.74) is 6.41. The molecule has 0 saturated carbocycles. The first-order chi connectivity index (χ1) is 19.0. The van der Waals surface area contributed by atoms with Crippen LogP contribution < -0.4 is 0 Å². The summed E-state index contributed by atoms with van der Waals surface area (Å²) in [5, 5.41) is 11.9. The van der Waals surface area contributed by atoms with Gasteiger partial charge in [-0.05, 0) is 55.3 Å². The van der Waals surface area contributed by atoms with Gasteiger partial charge in [0.2, 0.25) is 0 Å². The first-order valence-electron chi connectivity index (χ1n) is 12.2. The third-order valence-corrected chi connectivity index (χ3v) is 6.70. The van der Waals surface area contributed by atoms with Crippen molar-refractivity contribution in [3.63, 3.8) is 0 Å². The number of aromatic nitrogens is 4. The summed E-state index contributed by atoms with van der Waals surface area (Å²) >= 11 is 0. The molecule has 0 amide bonds. The van der Waals surface area contributed by atoms with Crippen molar-refractivity contribution in [3.8, 4) is 34.3 Å². The fraction of sp³-hybridized carbons (Fsp3) is 0.0625. The topological polar surface area (TPSA) is 76.1 Å². The summed E-state index contributed by atoms with van der Waals surface area (Å²) < 4.78 is 2.14. The molecule has 0 aliphatic rings. The Labute approximate surface area is 224 Å². The number of aryl methyl sites for hydroxylation is 2. The van der Waals surface area contributed by atoms with E-state index in [0.29, 0.717) is 40.0 Å². The molecule has 0 atom stereocenters. The van der Waals surface area contributed by atoms with Crippen molar-refractivity contribution < 1.29 is 0 Å². The minimum absolute atomic E-state index is 0.431. The van der Waals surface area contributed by atoms with Crippen LogP contribution in [0.15, 0.2) is 78.9 Å². The first kappa shape index (κ1) is 23.6. The zero-order valence-corrected chi connectivity index (χ0v) is 21.1. The first-order valence-corrected chi connectivity index (χ1v) is 12.2. The second-order valence-electron chi connectivity index (χ2n) is 9.10. The minimum Gasteiger partial charge on any atom is -0.310 e. The molecule has 6 aromatic rings. The van der Waals surface area contributed by atoms with E-state index in [1.807, 2.05) is 56.3 Å². The van der Waals surface area contributed by atoms with Gasteiger partial charge in [-0.3, -0.25) is 0 Å². The zero-order chi connectivity index (χ0) is 27.1. The molecule has 2 heterocycles. The van der Waals surface area contributed by atoms with Crippen molar-refractivity contribution in [2.75, 3.05) is 0 Å². The van der Waals surface area contributed by atoms with Crippen LogP contribution in [0.25, 0.3) is 59.7 Å². The van der Waals surface area contributed by atoms with E-state index in [0.717, 1.165) is 38.6 Å². The number of benzene rings is 4. The highest BCUT2D eigenvalue weighted by atomic mass is 15.0. The van der Waals surface area contributed by atoms with Crippen LogP contribution in [0, 0.1) is 38.3 Å². The Balaban J connectivity index is 1.60. The Morgan fingerprint density at radius 1 is 0.744 bits per heavy atom. The summed E-state index contributed by atoms with van der Waals surface area (Å²) in [4.78, 5) is 20.5. The van der Waals surface area contributed by atoms with Crippen LogP contribution in [0.1, 0.15) is 17.2 Å². The lowest BCUT2D eigenvalue weighted by Gasteiger charge is -2.12. The lowest BCUT2D eigenvalue weighted by molar-refractivity contribution is 0.929. The molecule has 0 fully saturated rings. The van der Waals surface area contributed by atoms with Crippen LogP contribution >= 0.6 is 0 Å². The molecule has 7 nitrogen and oxygen atoms in total. The predicted octanol–water partition coefficient (Wildman–Crippen LogP) is 7.89. The molecule has 39 heavy (non-hydrogen) atoms. The second kappa shape index (κ2) is 9.23. The Kier molecular flexibility index (Phi) is 5.57. The maximum atomic E-state index is 9.77. The van der Waals surface area contributed by atoms with Gasteiger partial charge < -0.3 is 4.57 Å². The third kappa shape index (κ3) is 3.94. The Morgan fingerprint density at radius 3 is 2.23 bits per heavy atom. The highest BCUT2D eigenvalue weighted by Gasteiger charge is 2.17. The Morgan fingerprint density at radius 2 is 1.49 bits per heavy atom. The van der Waals surface area contributed by atoms with Crippen molar-refractivity contribution in [2.45, 2.75) is 13.8 Å². The van der Waals surface area contributed by atoms with E-state index in [1.165, 1.54) is 0 Å². The van der Waals surface area contributed by atoms with Gasteiger partial charge >= 0.3 is 0 Å². The van der Waals surface area contributed by atoms with E-state index in [9.17, 15) is 5.26 Å². The second-order valence-corrected chi connectivity index (χ2v) is 9.10. The van der Waals surface area contributed by atoms with Gasteiger partial charge in [0.15, 0.2) is 17.2 Å². The molecule has 0 aliphatic carbocycles. The van der Waals surface area contributed by atoms with E-state index in [4.69, 9.17) is 13.1 Å². The number of rotatable bonds is 3. The van der Waals surface area contributed by atoms with Gasteiger partial charge in [-0.15, -0.1) is 0 Å². The van der Waals surface area contributed by atoms with E-state index in [-0.39, 0.29) is 0 Å². The van der Waals surface area contributed by atoms with Gasteiger partial charge in [0.25, 0.3) is 0 Å². The highest BCUT2D eigenvalue weighted by Crippen LogP contribution is 2.38. The SMILES string of the molecule is [C-]#[N+]c1ccc(-c2ccc3c4ccccc4n(-c4ccc(-c5nc(C)nc(C)n5)c([N+]#[C-])c4)c3c2)c(C#N)c1. The maximum absolute atomic E-state index is 9.77. The summed E-state index contributed by atoms with van der Waals surface area (Å²) in [7, 11) is 0. The molecule has 0 bridgehead atoms. The van der Waals surface area contributed by atoms with Gasteiger partial charge in [-0.2, -0.15) is 5.26 Å². The molecule has 2 aromatic heterocycles. The van der Waals surface area contributed by atoms with Gasteiger partial charge in [0, 0.05) is 27.6 Å². The summed E-state index contributed by atoms with van der Waals surface area (Å²) in [6.45, 7) is 18.8. The van der Waals surface area contributed by atoms with E-state index >= 15 is 0 Å². The highest BCUT2D eigenvalue weighted by molar-refractivity contribution is 6.10. The minimum atomic E-state index is 0.431. The maximum Gasteiger partial charge on any atom is 0.200 e. The molecule has 6 rings (SSSR count). The van der Waals surface area contributed by atoms with Gasteiger partial charge in [0.05, 0.1) is 30.2 Å². The largest absolute Gasteiger partial charge is 0.310 e. The number of fused-ring (bicyclic) bond motifs is 3. The van der Waals surface area contributed by atoms with Gasteiger partial charge in [-0.25, -0.2) is 24.6 Å². The van der Waals surface area contributed by atoms with Crippen LogP contribution in [-0.2, 0) is 0 Å². The lowest BCUT2D eigenvalue weighted by atomic mass is 9.98.